The smallest absolute Gasteiger partial charge is 0.338 e. The summed E-state index contributed by atoms with van der Waals surface area (Å²) in [6.07, 6.45) is 0. The second-order valence-electron chi connectivity index (χ2n) is 5.31. The molecule has 0 heterocycles. The fourth-order valence-corrected chi connectivity index (χ4v) is 3.31. The van der Waals surface area contributed by atoms with Gasteiger partial charge in [-0.3, -0.25) is 0 Å². The summed E-state index contributed by atoms with van der Waals surface area (Å²) >= 11 is 2.29. The Morgan fingerprint density at radius 2 is 1.83 bits per heavy atom. The molecule has 0 aliphatic carbocycles. The van der Waals surface area contributed by atoms with E-state index in [4.69, 9.17) is 9.47 Å². The quantitative estimate of drug-likeness (QED) is 0.411. The van der Waals surface area contributed by atoms with Crippen LogP contribution in [0.4, 0.5) is 0 Å². The molecule has 3 nitrogen and oxygen atoms in total. The number of carbonyl (C=O) groups is 1. The number of ether oxygens (including phenoxy) is 2. The molecule has 3 aromatic carbocycles. The summed E-state index contributed by atoms with van der Waals surface area (Å²) in [6.45, 7) is 2.60. The lowest BCUT2D eigenvalue weighted by Crippen LogP contribution is -2.06. The fraction of sp³-hybridized carbons (Fsp3) is 0.150. The highest BCUT2D eigenvalue weighted by atomic mass is 127. The zero-order chi connectivity index (χ0) is 16.9. The first-order valence-corrected chi connectivity index (χ1v) is 8.83. The zero-order valence-electron chi connectivity index (χ0n) is 13.3. The molecule has 0 saturated heterocycles. The first kappa shape index (κ1) is 16.8. The van der Waals surface area contributed by atoms with E-state index >= 15 is 0 Å². The van der Waals surface area contributed by atoms with Gasteiger partial charge in [0, 0.05) is 8.96 Å². The Bertz CT molecular complexity index is 859. The Hall–Kier alpha value is -2.08. The number of rotatable bonds is 5. The Balaban J connectivity index is 2.01. The first-order valence-electron chi connectivity index (χ1n) is 7.75. The van der Waals surface area contributed by atoms with Crippen molar-refractivity contribution in [2.45, 2.75) is 13.5 Å². The average Bonchev–Trinajstić information content (AvgIpc) is 2.60. The van der Waals surface area contributed by atoms with Gasteiger partial charge in [0.2, 0.25) is 0 Å². The van der Waals surface area contributed by atoms with Gasteiger partial charge in [0.05, 0.1) is 12.2 Å². The van der Waals surface area contributed by atoms with Crippen LogP contribution in [0.2, 0.25) is 0 Å². The second kappa shape index (κ2) is 7.66. The molecule has 24 heavy (non-hydrogen) atoms. The fourth-order valence-electron chi connectivity index (χ4n) is 2.53. The molecule has 0 N–H and O–H groups in total. The van der Waals surface area contributed by atoms with Crippen molar-refractivity contribution in [1.82, 2.24) is 0 Å². The Labute approximate surface area is 154 Å². The number of halogens is 1. The molecule has 0 saturated carbocycles. The molecule has 0 atom stereocenters. The molecule has 0 aliphatic rings. The van der Waals surface area contributed by atoms with E-state index in [9.17, 15) is 4.79 Å². The number of hydrogen-bond acceptors (Lipinski definition) is 3. The van der Waals surface area contributed by atoms with Gasteiger partial charge in [-0.15, -0.1) is 0 Å². The van der Waals surface area contributed by atoms with Gasteiger partial charge in [0.25, 0.3) is 0 Å². The summed E-state index contributed by atoms with van der Waals surface area (Å²) in [5, 5.41) is 1.98. The van der Waals surface area contributed by atoms with Crippen molar-refractivity contribution in [2.75, 3.05) is 6.61 Å². The molecule has 0 aromatic heterocycles. The van der Waals surface area contributed by atoms with Crippen LogP contribution in [0.1, 0.15) is 22.8 Å². The molecule has 0 unspecified atom stereocenters. The summed E-state index contributed by atoms with van der Waals surface area (Å²) < 4.78 is 12.3. The van der Waals surface area contributed by atoms with Gasteiger partial charge in [0.15, 0.2) is 0 Å². The van der Waals surface area contributed by atoms with Crippen molar-refractivity contribution in [3.8, 4) is 5.75 Å². The normalized spacial score (nSPS) is 10.6. The number of hydrogen-bond donors (Lipinski definition) is 0. The van der Waals surface area contributed by atoms with E-state index in [1.54, 1.807) is 13.0 Å². The second-order valence-corrected chi connectivity index (χ2v) is 6.47. The Morgan fingerprint density at radius 3 is 2.58 bits per heavy atom. The highest BCUT2D eigenvalue weighted by molar-refractivity contribution is 14.1. The van der Waals surface area contributed by atoms with Crippen LogP contribution in [0, 0.1) is 3.57 Å². The summed E-state index contributed by atoms with van der Waals surface area (Å²) in [7, 11) is 0. The maximum absolute atomic E-state index is 12.1. The van der Waals surface area contributed by atoms with Gasteiger partial charge in [-0.2, -0.15) is 0 Å². The molecular weight excluding hydrogens is 415 g/mol. The van der Waals surface area contributed by atoms with E-state index < -0.39 is 0 Å². The van der Waals surface area contributed by atoms with Gasteiger partial charge >= 0.3 is 5.97 Å². The van der Waals surface area contributed by atoms with Crippen LogP contribution in [0.25, 0.3) is 10.8 Å². The highest BCUT2D eigenvalue weighted by Crippen LogP contribution is 2.32. The van der Waals surface area contributed by atoms with Crippen molar-refractivity contribution in [1.29, 1.82) is 0 Å². The topological polar surface area (TPSA) is 35.5 Å². The van der Waals surface area contributed by atoms with Crippen LogP contribution in [0.15, 0.2) is 60.7 Å². The van der Waals surface area contributed by atoms with Crippen molar-refractivity contribution in [2.24, 2.45) is 0 Å². The third-order valence-electron chi connectivity index (χ3n) is 3.64. The van der Waals surface area contributed by atoms with Gasteiger partial charge in [-0.25, -0.2) is 4.79 Å². The van der Waals surface area contributed by atoms with Crippen LogP contribution < -0.4 is 4.74 Å². The molecule has 0 radical (unpaired) electrons. The van der Waals surface area contributed by atoms with Crippen molar-refractivity contribution < 1.29 is 14.3 Å². The minimum absolute atomic E-state index is 0.331. The van der Waals surface area contributed by atoms with Crippen LogP contribution in [0.5, 0.6) is 5.75 Å². The van der Waals surface area contributed by atoms with Gasteiger partial charge < -0.3 is 9.47 Å². The van der Waals surface area contributed by atoms with Crippen LogP contribution in [-0.4, -0.2) is 12.6 Å². The summed E-state index contributed by atoms with van der Waals surface area (Å²) in [5.41, 5.74) is 1.59. The van der Waals surface area contributed by atoms with Crippen molar-refractivity contribution in [3.63, 3.8) is 0 Å². The largest absolute Gasteiger partial charge is 0.488 e. The number of benzene rings is 3. The third kappa shape index (κ3) is 3.70. The molecule has 3 rings (SSSR count). The average molecular weight is 432 g/mol. The number of carbonyl (C=O) groups excluding carboxylic acids is 1. The van der Waals surface area contributed by atoms with E-state index in [1.807, 2.05) is 54.6 Å². The lowest BCUT2D eigenvalue weighted by molar-refractivity contribution is 0.0526. The van der Waals surface area contributed by atoms with Crippen LogP contribution in [-0.2, 0) is 11.3 Å². The van der Waals surface area contributed by atoms with E-state index in [-0.39, 0.29) is 5.97 Å². The maximum Gasteiger partial charge on any atom is 0.338 e. The lowest BCUT2D eigenvalue weighted by Gasteiger charge is -2.13. The molecule has 0 amide bonds. The van der Waals surface area contributed by atoms with E-state index in [1.165, 1.54) is 0 Å². The maximum atomic E-state index is 12.1. The minimum atomic E-state index is -0.331. The van der Waals surface area contributed by atoms with Crippen molar-refractivity contribution in [3.05, 3.63) is 75.4 Å². The molecule has 3 aromatic rings. The molecule has 122 valence electrons. The van der Waals surface area contributed by atoms with Crippen molar-refractivity contribution >= 4 is 39.3 Å². The Kier molecular flexibility index (Phi) is 5.35. The molecule has 0 fully saturated rings. The number of esters is 1. The van der Waals surface area contributed by atoms with Crippen LogP contribution in [0.3, 0.4) is 0 Å². The van der Waals surface area contributed by atoms with E-state index in [0.717, 1.165) is 19.9 Å². The molecule has 0 bridgehead atoms. The van der Waals surface area contributed by atoms with E-state index in [2.05, 4.69) is 22.6 Å². The lowest BCUT2D eigenvalue weighted by atomic mass is 10.1. The molecule has 4 heteroatoms. The highest BCUT2D eigenvalue weighted by Gasteiger charge is 2.14. The zero-order valence-corrected chi connectivity index (χ0v) is 15.4. The summed E-state index contributed by atoms with van der Waals surface area (Å²) in [6, 6.07) is 19.6. The van der Waals surface area contributed by atoms with E-state index in [0.29, 0.717) is 24.5 Å². The molecular formula is C20H17IO3. The molecule has 0 aliphatic heterocycles. The predicted octanol–water partition coefficient (Wildman–Crippen LogP) is 5.20. The monoisotopic (exact) mass is 432 g/mol. The predicted molar refractivity (Wildman–Crippen MR) is 103 cm³/mol. The standard InChI is InChI=1S/C20H17IO3/c1-2-23-20(22)16-11-15-9-6-10-17(21)19(15)18(12-16)24-13-14-7-4-3-5-8-14/h3-12H,2,13H2,1H3. The first-order chi connectivity index (χ1) is 11.7. The van der Waals surface area contributed by atoms with Gasteiger partial charge in [-0.1, -0.05) is 42.5 Å². The summed E-state index contributed by atoms with van der Waals surface area (Å²) in [5.74, 6) is 0.368. The SMILES string of the molecule is CCOC(=O)c1cc(OCc2ccccc2)c2c(I)cccc2c1. The van der Waals surface area contributed by atoms with Gasteiger partial charge in [-0.05, 0) is 58.7 Å². The third-order valence-corrected chi connectivity index (χ3v) is 4.54. The minimum Gasteiger partial charge on any atom is -0.488 e. The van der Waals surface area contributed by atoms with Crippen LogP contribution >= 0.6 is 22.6 Å². The number of fused-ring (bicyclic) bond motifs is 1. The van der Waals surface area contributed by atoms with Gasteiger partial charge in [0.1, 0.15) is 12.4 Å². The molecule has 0 spiro atoms. The Morgan fingerprint density at radius 1 is 1.04 bits per heavy atom. The summed E-state index contributed by atoms with van der Waals surface area (Å²) in [4.78, 5) is 12.1.